The van der Waals surface area contributed by atoms with Crippen LogP contribution < -0.4 is 15.8 Å². The third-order valence-electron chi connectivity index (χ3n) is 5.78. The monoisotopic (exact) mass is 686 g/mol. The number of nitrogens with one attached hydrogen (secondary N) is 2. The summed E-state index contributed by atoms with van der Waals surface area (Å²) in [7, 11) is -4.01. The Morgan fingerprint density at radius 3 is 2.26 bits per heavy atom. The number of rotatable bonds is 21. The van der Waals surface area contributed by atoms with Crippen molar-refractivity contribution in [2.45, 2.75) is 30.9 Å². The first kappa shape index (κ1) is 38.9. The van der Waals surface area contributed by atoms with E-state index in [0.717, 1.165) is 6.07 Å². The summed E-state index contributed by atoms with van der Waals surface area (Å²) >= 11 is 0. The number of anilines is 2. The molecule has 0 aliphatic heterocycles. The summed E-state index contributed by atoms with van der Waals surface area (Å²) in [5.41, 5.74) is 5.15. The Kier molecular flexibility index (Phi) is 16.4. The Hall–Kier alpha value is -3.31. The standard InChI is InChI=1S/C28H39FN8O7S.ClH/c1-28(2,38)20-37-19-22(18-33-37)26-21(16-31)17-32-27(36-26)35-25-4-3-23(15-24(25)29)45(39,40)34-6-8-42-10-12-44-14-13-43-11-9-41-7-5-30;/h3-4,15,17-19,34,38H,5-14,20,30H2,1-2H3,(H,32,35,36);1H. The maximum Gasteiger partial charge on any atom is 0.240 e. The van der Waals surface area contributed by atoms with Gasteiger partial charge in [0.25, 0.3) is 0 Å². The summed E-state index contributed by atoms with van der Waals surface area (Å²) < 4.78 is 65.4. The van der Waals surface area contributed by atoms with E-state index in [1.807, 2.05) is 6.07 Å². The van der Waals surface area contributed by atoms with Crippen molar-refractivity contribution in [2.24, 2.45) is 5.73 Å². The van der Waals surface area contributed by atoms with Crippen LogP contribution in [0.2, 0.25) is 0 Å². The molecule has 2 heterocycles. The van der Waals surface area contributed by atoms with E-state index >= 15 is 0 Å². The zero-order valence-electron chi connectivity index (χ0n) is 25.6. The van der Waals surface area contributed by atoms with E-state index in [1.54, 1.807) is 20.0 Å². The Bertz CT molecular complexity index is 1520. The summed E-state index contributed by atoms with van der Waals surface area (Å²) in [6, 6.07) is 5.37. The zero-order chi connectivity index (χ0) is 32.7. The molecule has 0 aliphatic rings. The number of hydrogen-bond donors (Lipinski definition) is 4. The fraction of sp³-hybridized carbons (Fsp3) is 0.500. The minimum atomic E-state index is -4.01. The van der Waals surface area contributed by atoms with Crippen LogP contribution in [0.1, 0.15) is 19.4 Å². The summed E-state index contributed by atoms with van der Waals surface area (Å²) in [5, 5.41) is 26.5. The highest BCUT2D eigenvalue weighted by Crippen LogP contribution is 2.25. The Morgan fingerprint density at radius 1 is 1.04 bits per heavy atom. The van der Waals surface area contributed by atoms with Gasteiger partial charge in [-0.05, 0) is 32.0 Å². The summed E-state index contributed by atoms with van der Waals surface area (Å²) in [4.78, 5) is 8.13. The Balaban J connectivity index is 0.00000736. The lowest BCUT2D eigenvalue weighted by Gasteiger charge is -2.16. The van der Waals surface area contributed by atoms with Crippen molar-refractivity contribution in [1.82, 2.24) is 24.5 Å². The molecule has 0 fully saturated rings. The number of aromatic nitrogens is 4. The van der Waals surface area contributed by atoms with Gasteiger partial charge in [0.1, 0.15) is 11.9 Å². The van der Waals surface area contributed by atoms with E-state index in [2.05, 4.69) is 25.1 Å². The van der Waals surface area contributed by atoms with Gasteiger partial charge in [-0.3, -0.25) is 4.68 Å². The van der Waals surface area contributed by atoms with E-state index in [-0.39, 0.29) is 66.5 Å². The number of aliphatic hydroxyl groups is 1. The van der Waals surface area contributed by atoms with Gasteiger partial charge in [0.05, 0.1) is 99.2 Å². The van der Waals surface area contributed by atoms with Crippen LogP contribution in [0.5, 0.6) is 0 Å². The lowest BCUT2D eigenvalue weighted by atomic mass is 10.1. The third-order valence-corrected chi connectivity index (χ3v) is 7.24. The lowest BCUT2D eigenvalue weighted by molar-refractivity contribution is -0.000345. The van der Waals surface area contributed by atoms with Crippen LogP contribution in [-0.4, -0.2) is 105 Å². The van der Waals surface area contributed by atoms with Gasteiger partial charge in [-0.15, -0.1) is 12.4 Å². The number of halogens is 2. The van der Waals surface area contributed by atoms with Crippen molar-refractivity contribution in [3.8, 4) is 17.3 Å². The maximum atomic E-state index is 14.9. The first-order valence-corrected chi connectivity index (χ1v) is 15.6. The molecule has 0 bridgehead atoms. The fourth-order valence-electron chi connectivity index (χ4n) is 3.77. The van der Waals surface area contributed by atoms with Crippen molar-refractivity contribution < 1.29 is 36.9 Å². The van der Waals surface area contributed by atoms with Crippen molar-refractivity contribution in [3.63, 3.8) is 0 Å². The first-order chi connectivity index (χ1) is 21.5. The molecule has 0 atom stereocenters. The predicted octanol–water partition coefficient (Wildman–Crippen LogP) is 1.59. The van der Waals surface area contributed by atoms with Crippen molar-refractivity contribution in [3.05, 3.63) is 48.2 Å². The third kappa shape index (κ3) is 13.2. The van der Waals surface area contributed by atoms with Crippen molar-refractivity contribution in [1.29, 1.82) is 5.26 Å². The number of nitrogens with zero attached hydrogens (tertiary/aromatic N) is 5. The number of nitrogens with two attached hydrogens (primary N) is 1. The average Bonchev–Trinajstić information content (AvgIpc) is 3.45. The molecule has 5 N–H and O–H groups in total. The zero-order valence-corrected chi connectivity index (χ0v) is 27.3. The van der Waals surface area contributed by atoms with Gasteiger partial charge in [-0.2, -0.15) is 10.4 Å². The molecule has 2 aromatic heterocycles. The fourth-order valence-corrected chi connectivity index (χ4v) is 4.80. The highest BCUT2D eigenvalue weighted by atomic mass is 35.5. The quantitative estimate of drug-likeness (QED) is 0.118. The summed E-state index contributed by atoms with van der Waals surface area (Å²) in [6.45, 7) is 6.82. The van der Waals surface area contributed by atoms with Crippen LogP contribution in [0.25, 0.3) is 11.3 Å². The van der Waals surface area contributed by atoms with Crippen LogP contribution in [-0.2, 0) is 35.5 Å². The first-order valence-electron chi connectivity index (χ1n) is 14.1. The smallest absolute Gasteiger partial charge is 0.240 e. The van der Waals surface area contributed by atoms with Crippen molar-refractivity contribution >= 4 is 34.1 Å². The molecule has 3 aromatic rings. The molecule has 0 unspecified atom stereocenters. The Morgan fingerprint density at radius 2 is 1.67 bits per heavy atom. The molecule has 18 heteroatoms. The normalized spacial score (nSPS) is 11.7. The topological polar surface area (TPSA) is 209 Å². The van der Waals surface area contributed by atoms with Gasteiger partial charge in [0, 0.05) is 24.8 Å². The number of sulfonamides is 1. The minimum Gasteiger partial charge on any atom is -0.389 e. The second kappa shape index (κ2) is 19.4. The van der Waals surface area contributed by atoms with E-state index in [1.165, 1.54) is 29.2 Å². The molecular formula is C28H40ClFN8O7S. The van der Waals surface area contributed by atoms with Gasteiger partial charge < -0.3 is 35.1 Å². The second-order valence-electron chi connectivity index (χ2n) is 10.2. The SMILES string of the molecule is CC(C)(O)Cn1cc(-c2nc(Nc3ccc(S(=O)(=O)NCCOCCOCCOCCOCCN)cc3F)ncc2C#N)cn1.Cl. The van der Waals surface area contributed by atoms with Gasteiger partial charge in [0.15, 0.2) is 0 Å². The van der Waals surface area contributed by atoms with Gasteiger partial charge in [-0.1, -0.05) is 0 Å². The highest BCUT2D eigenvalue weighted by molar-refractivity contribution is 7.89. The van der Waals surface area contributed by atoms with E-state index in [9.17, 15) is 23.2 Å². The van der Waals surface area contributed by atoms with Crippen molar-refractivity contribution in [2.75, 3.05) is 71.3 Å². The van der Waals surface area contributed by atoms with Crippen LogP contribution in [0, 0.1) is 17.1 Å². The molecule has 0 aliphatic carbocycles. The van der Waals surface area contributed by atoms with E-state index in [4.69, 9.17) is 24.7 Å². The van der Waals surface area contributed by atoms with Crippen LogP contribution >= 0.6 is 12.4 Å². The molecule has 46 heavy (non-hydrogen) atoms. The number of ether oxygens (including phenoxy) is 4. The van der Waals surface area contributed by atoms with E-state index in [0.29, 0.717) is 51.7 Å². The molecule has 254 valence electrons. The molecule has 0 amide bonds. The second-order valence-corrected chi connectivity index (χ2v) is 12.0. The number of benzene rings is 1. The highest BCUT2D eigenvalue weighted by Gasteiger charge is 2.19. The molecule has 3 rings (SSSR count). The lowest BCUT2D eigenvalue weighted by Crippen LogP contribution is -2.28. The van der Waals surface area contributed by atoms with Crippen LogP contribution in [0.3, 0.4) is 0 Å². The van der Waals surface area contributed by atoms with Crippen LogP contribution in [0.4, 0.5) is 16.0 Å². The van der Waals surface area contributed by atoms with E-state index < -0.39 is 21.4 Å². The van der Waals surface area contributed by atoms with Gasteiger partial charge in [-0.25, -0.2) is 27.5 Å². The molecule has 0 radical (unpaired) electrons. The molecule has 1 aromatic carbocycles. The predicted molar refractivity (Wildman–Crippen MR) is 169 cm³/mol. The molecule has 15 nitrogen and oxygen atoms in total. The number of hydrogen-bond acceptors (Lipinski definition) is 13. The average molecular weight is 687 g/mol. The van der Waals surface area contributed by atoms with Crippen LogP contribution in [0.15, 0.2) is 41.7 Å². The molecule has 0 saturated carbocycles. The molecule has 0 spiro atoms. The van der Waals surface area contributed by atoms with Gasteiger partial charge >= 0.3 is 0 Å². The number of nitriles is 1. The minimum absolute atomic E-state index is 0. The van der Waals surface area contributed by atoms with Gasteiger partial charge in [0.2, 0.25) is 16.0 Å². The molecule has 0 saturated heterocycles. The Labute approximate surface area is 273 Å². The summed E-state index contributed by atoms with van der Waals surface area (Å²) in [5.74, 6) is -0.876. The maximum absolute atomic E-state index is 14.9. The summed E-state index contributed by atoms with van der Waals surface area (Å²) in [6.07, 6.45) is 4.40. The largest absolute Gasteiger partial charge is 0.389 e. The molecular weight excluding hydrogens is 647 g/mol.